The highest BCUT2D eigenvalue weighted by molar-refractivity contribution is 7.99. The maximum Gasteiger partial charge on any atom is 0.256 e. The van der Waals surface area contributed by atoms with E-state index in [4.69, 9.17) is 9.68 Å². The number of hydrogen-bond acceptors (Lipinski definition) is 5. The van der Waals surface area contributed by atoms with Crippen LogP contribution in [0.2, 0.25) is 0 Å². The van der Waals surface area contributed by atoms with Crippen LogP contribution in [-0.4, -0.2) is 16.5 Å². The summed E-state index contributed by atoms with van der Waals surface area (Å²) in [6.45, 7) is 1.83. The Balaban J connectivity index is 1.97. The molecule has 0 aliphatic carbocycles. The molecule has 0 spiro atoms. The van der Waals surface area contributed by atoms with Gasteiger partial charge < -0.3 is 4.42 Å². The first-order valence-corrected chi connectivity index (χ1v) is 6.26. The van der Waals surface area contributed by atoms with Gasteiger partial charge in [0.1, 0.15) is 6.26 Å². The van der Waals surface area contributed by atoms with Gasteiger partial charge in [-0.25, -0.2) is 4.98 Å². The van der Waals surface area contributed by atoms with Crippen molar-refractivity contribution in [2.24, 2.45) is 0 Å². The van der Waals surface area contributed by atoms with Gasteiger partial charge in [0, 0.05) is 5.56 Å². The lowest BCUT2D eigenvalue weighted by Gasteiger charge is -1.98. The standard InChI is InChI=1S/C13H10N2O2S/c1-9-7-17-13(15-9)18-8-12(16)11-4-2-10(6-14)3-5-11/h2-5,7H,8H2,1H3. The van der Waals surface area contributed by atoms with Crippen molar-refractivity contribution < 1.29 is 9.21 Å². The molecule has 0 unspecified atom stereocenters. The van der Waals surface area contributed by atoms with E-state index in [1.54, 1.807) is 30.5 Å². The molecular formula is C13H10N2O2S. The van der Waals surface area contributed by atoms with Crippen LogP contribution in [-0.2, 0) is 0 Å². The molecule has 0 saturated heterocycles. The van der Waals surface area contributed by atoms with E-state index < -0.39 is 0 Å². The summed E-state index contributed by atoms with van der Waals surface area (Å²) in [5, 5.41) is 9.16. The van der Waals surface area contributed by atoms with Gasteiger partial charge in [-0.1, -0.05) is 23.9 Å². The molecule has 5 heteroatoms. The molecular weight excluding hydrogens is 248 g/mol. The molecule has 4 nitrogen and oxygen atoms in total. The van der Waals surface area contributed by atoms with Crippen LogP contribution < -0.4 is 0 Å². The van der Waals surface area contributed by atoms with Gasteiger partial charge in [-0.15, -0.1) is 0 Å². The third kappa shape index (κ3) is 2.99. The fourth-order valence-electron chi connectivity index (χ4n) is 1.34. The fourth-order valence-corrected chi connectivity index (χ4v) is 2.09. The molecule has 2 rings (SSSR count). The van der Waals surface area contributed by atoms with E-state index in [1.807, 2.05) is 13.0 Å². The van der Waals surface area contributed by atoms with Crippen LogP contribution in [0.4, 0.5) is 0 Å². The van der Waals surface area contributed by atoms with Crippen LogP contribution in [0.1, 0.15) is 21.6 Å². The quantitative estimate of drug-likeness (QED) is 0.623. The number of Topliss-reactive ketones (excluding diaryl/α,β-unsaturated/α-hetero) is 1. The van der Waals surface area contributed by atoms with Crippen LogP contribution in [0.25, 0.3) is 0 Å². The van der Waals surface area contributed by atoms with E-state index in [0.29, 0.717) is 16.3 Å². The molecule has 0 amide bonds. The Morgan fingerprint density at radius 3 is 2.72 bits per heavy atom. The number of rotatable bonds is 4. The zero-order valence-corrected chi connectivity index (χ0v) is 10.5. The Morgan fingerprint density at radius 2 is 2.17 bits per heavy atom. The minimum atomic E-state index is -0.0136. The highest BCUT2D eigenvalue weighted by Gasteiger charge is 2.09. The summed E-state index contributed by atoms with van der Waals surface area (Å²) in [6, 6.07) is 8.59. The Hall–Kier alpha value is -2.06. The van der Waals surface area contributed by atoms with Gasteiger partial charge in [0.05, 0.1) is 23.1 Å². The van der Waals surface area contributed by atoms with E-state index >= 15 is 0 Å². The van der Waals surface area contributed by atoms with Crippen molar-refractivity contribution in [3.63, 3.8) is 0 Å². The predicted octanol–water partition coefficient (Wildman–Crippen LogP) is 2.83. The highest BCUT2D eigenvalue weighted by Crippen LogP contribution is 2.18. The summed E-state index contributed by atoms with van der Waals surface area (Å²) < 4.78 is 5.14. The number of ketones is 1. The monoisotopic (exact) mass is 258 g/mol. The maximum atomic E-state index is 11.9. The normalized spacial score (nSPS) is 10.0. The van der Waals surface area contributed by atoms with Crippen LogP contribution in [0, 0.1) is 18.3 Å². The second-order valence-corrected chi connectivity index (χ2v) is 4.58. The lowest BCUT2D eigenvalue weighted by molar-refractivity contribution is 0.102. The topological polar surface area (TPSA) is 66.9 Å². The average Bonchev–Trinajstić information content (AvgIpc) is 2.82. The number of benzene rings is 1. The molecule has 18 heavy (non-hydrogen) atoms. The molecule has 0 fully saturated rings. The number of hydrogen-bond donors (Lipinski definition) is 0. The molecule has 0 bridgehead atoms. The molecule has 0 radical (unpaired) electrons. The molecule has 0 aliphatic heterocycles. The number of aryl methyl sites for hydroxylation is 1. The number of nitrogens with zero attached hydrogens (tertiary/aromatic N) is 2. The zero-order chi connectivity index (χ0) is 13.0. The van der Waals surface area contributed by atoms with Crippen LogP contribution >= 0.6 is 11.8 Å². The zero-order valence-electron chi connectivity index (χ0n) is 9.71. The smallest absolute Gasteiger partial charge is 0.256 e. The summed E-state index contributed by atoms with van der Waals surface area (Å²) in [5.74, 6) is 0.256. The highest BCUT2D eigenvalue weighted by atomic mass is 32.2. The molecule has 0 atom stereocenters. The maximum absolute atomic E-state index is 11.9. The number of nitriles is 1. The lowest BCUT2D eigenvalue weighted by atomic mass is 10.1. The lowest BCUT2D eigenvalue weighted by Crippen LogP contribution is -2.02. The number of aromatic nitrogens is 1. The average molecular weight is 258 g/mol. The van der Waals surface area contributed by atoms with Gasteiger partial charge in [0.25, 0.3) is 5.22 Å². The van der Waals surface area contributed by atoms with Crippen molar-refractivity contribution >= 4 is 17.5 Å². The first-order chi connectivity index (χ1) is 8.69. The summed E-state index contributed by atoms with van der Waals surface area (Å²) in [5.41, 5.74) is 1.93. The third-order valence-electron chi connectivity index (χ3n) is 2.26. The van der Waals surface area contributed by atoms with E-state index in [1.165, 1.54) is 11.8 Å². The SMILES string of the molecule is Cc1coc(SCC(=O)c2ccc(C#N)cc2)n1. The van der Waals surface area contributed by atoms with Gasteiger partial charge in [0.15, 0.2) is 5.78 Å². The number of oxazole rings is 1. The molecule has 1 aromatic carbocycles. The minimum absolute atomic E-state index is 0.0136. The van der Waals surface area contributed by atoms with Gasteiger partial charge >= 0.3 is 0 Å². The Morgan fingerprint density at radius 1 is 1.44 bits per heavy atom. The summed E-state index contributed by atoms with van der Waals surface area (Å²) in [7, 11) is 0. The van der Waals surface area contributed by atoms with Crippen molar-refractivity contribution in [3.8, 4) is 6.07 Å². The van der Waals surface area contributed by atoms with E-state index in [-0.39, 0.29) is 11.5 Å². The second-order valence-electron chi connectivity index (χ2n) is 3.66. The molecule has 0 N–H and O–H groups in total. The largest absolute Gasteiger partial charge is 0.440 e. The van der Waals surface area contributed by atoms with E-state index in [0.717, 1.165) is 5.69 Å². The van der Waals surface area contributed by atoms with Crippen molar-refractivity contribution in [1.82, 2.24) is 4.98 Å². The second kappa shape index (κ2) is 5.52. The Labute approximate surface area is 109 Å². The van der Waals surface area contributed by atoms with Crippen molar-refractivity contribution in [2.75, 3.05) is 5.75 Å². The fraction of sp³-hybridized carbons (Fsp3) is 0.154. The first-order valence-electron chi connectivity index (χ1n) is 5.27. The number of carbonyl (C=O) groups is 1. The van der Waals surface area contributed by atoms with E-state index in [2.05, 4.69) is 4.98 Å². The number of thioether (sulfide) groups is 1. The molecule has 1 heterocycles. The van der Waals surface area contributed by atoms with Crippen molar-refractivity contribution in [1.29, 1.82) is 5.26 Å². The predicted molar refractivity (Wildman–Crippen MR) is 67.5 cm³/mol. The first kappa shape index (κ1) is 12.4. The third-order valence-corrected chi connectivity index (χ3v) is 3.10. The van der Waals surface area contributed by atoms with Gasteiger partial charge in [0.2, 0.25) is 0 Å². The van der Waals surface area contributed by atoms with Crippen LogP contribution in [0.15, 0.2) is 40.2 Å². The molecule has 0 saturated carbocycles. The molecule has 2 aromatic rings. The van der Waals surface area contributed by atoms with Gasteiger partial charge in [-0.05, 0) is 19.1 Å². The van der Waals surface area contributed by atoms with Crippen molar-refractivity contribution in [2.45, 2.75) is 12.1 Å². The Bertz CT molecular complexity index is 596. The molecule has 90 valence electrons. The summed E-state index contributed by atoms with van der Waals surface area (Å²) >= 11 is 1.26. The molecule has 0 aliphatic rings. The number of carbonyl (C=O) groups excluding carboxylic acids is 1. The van der Waals surface area contributed by atoms with E-state index in [9.17, 15) is 4.79 Å². The summed E-state index contributed by atoms with van der Waals surface area (Å²) in [4.78, 5) is 16.0. The van der Waals surface area contributed by atoms with Crippen molar-refractivity contribution in [3.05, 3.63) is 47.3 Å². The van der Waals surface area contributed by atoms with Gasteiger partial charge in [-0.2, -0.15) is 5.26 Å². The minimum Gasteiger partial charge on any atom is -0.440 e. The van der Waals surface area contributed by atoms with Crippen LogP contribution in [0.3, 0.4) is 0 Å². The summed E-state index contributed by atoms with van der Waals surface area (Å²) in [6.07, 6.45) is 1.55. The Kier molecular flexibility index (Phi) is 3.80. The van der Waals surface area contributed by atoms with Crippen LogP contribution in [0.5, 0.6) is 0 Å². The van der Waals surface area contributed by atoms with Gasteiger partial charge in [-0.3, -0.25) is 4.79 Å². The molecule has 1 aromatic heterocycles.